The predicted octanol–water partition coefficient (Wildman–Crippen LogP) is -0.267. The summed E-state index contributed by atoms with van der Waals surface area (Å²) in [6.45, 7) is 0.129. The van der Waals surface area contributed by atoms with Gasteiger partial charge >= 0.3 is 6.09 Å². The fraction of sp³-hybridized carbons (Fsp3) is 0.571. The summed E-state index contributed by atoms with van der Waals surface area (Å²) in [6.07, 6.45) is 3.74. The zero-order valence-corrected chi connectivity index (χ0v) is 5.90. The molecule has 0 radical (unpaired) electrons. The number of aliphatic hydroxyl groups is 1. The Bertz CT molecular complexity index is 208. The van der Waals surface area contributed by atoms with Crippen molar-refractivity contribution in [2.24, 2.45) is 0 Å². The SMILES string of the molecule is C#C[C@H]1C[C@H](O)CN1C(=O)O. The molecule has 0 saturated carbocycles. The van der Waals surface area contributed by atoms with E-state index < -0.39 is 18.2 Å². The van der Waals surface area contributed by atoms with Crippen LogP contribution in [0.4, 0.5) is 4.79 Å². The molecule has 1 aliphatic rings. The molecule has 60 valence electrons. The minimum absolute atomic E-state index is 0.129. The third kappa shape index (κ3) is 1.44. The molecule has 4 heteroatoms. The van der Waals surface area contributed by atoms with Crippen molar-refractivity contribution < 1.29 is 15.0 Å². The maximum Gasteiger partial charge on any atom is 0.408 e. The average molecular weight is 155 g/mol. The van der Waals surface area contributed by atoms with Crippen LogP contribution in [-0.4, -0.2) is 39.9 Å². The fourth-order valence-corrected chi connectivity index (χ4v) is 1.18. The summed E-state index contributed by atoms with van der Waals surface area (Å²) in [6, 6.07) is -0.456. The van der Waals surface area contributed by atoms with E-state index in [0.29, 0.717) is 6.42 Å². The second-order valence-electron chi connectivity index (χ2n) is 2.51. The predicted molar refractivity (Wildman–Crippen MR) is 38.0 cm³/mol. The molecule has 2 N–H and O–H groups in total. The number of likely N-dealkylation sites (tertiary alicyclic amines) is 1. The molecule has 0 aromatic carbocycles. The van der Waals surface area contributed by atoms with E-state index in [9.17, 15) is 4.79 Å². The Hall–Kier alpha value is -1.21. The van der Waals surface area contributed by atoms with E-state index in [1.54, 1.807) is 0 Å². The van der Waals surface area contributed by atoms with Crippen LogP contribution in [0.1, 0.15) is 6.42 Å². The van der Waals surface area contributed by atoms with Crippen molar-refractivity contribution in [1.82, 2.24) is 4.90 Å². The van der Waals surface area contributed by atoms with Crippen LogP contribution in [0.15, 0.2) is 0 Å². The highest BCUT2D eigenvalue weighted by molar-refractivity contribution is 5.66. The van der Waals surface area contributed by atoms with E-state index in [2.05, 4.69) is 5.92 Å². The monoisotopic (exact) mass is 155 g/mol. The topological polar surface area (TPSA) is 60.8 Å². The van der Waals surface area contributed by atoms with Crippen LogP contribution in [0.3, 0.4) is 0 Å². The summed E-state index contributed by atoms with van der Waals surface area (Å²) in [4.78, 5) is 11.5. The Labute approximate surface area is 64.4 Å². The molecule has 0 unspecified atom stereocenters. The van der Waals surface area contributed by atoms with Crippen molar-refractivity contribution in [3.05, 3.63) is 0 Å². The lowest BCUT2D eigenvalue weighted by Gasteiger charge is -2.14. The molecule has 11 heavy (non-hydrogen) atoms. The Morgan fingerprint density at radius 1 is 1.73 bits per heavy atom. The highest BCUT2D eigenvalue weighted by atomic mass is 16.4. The molecular formula is C7H9NO3. The average Bonchev–Trinajstić information content (AvgIpc) is 2.30. The maximum absolute atomic E-state index is 10.4. The highest BCUT2D eigenvalue weighted by Gasteiger charge is 2.32. The molecule has 0 spiro atoms. The van der Waals surface area contributed by atoms with Crippen molar-refractivity contribution >= 4 is 6.09 Å². The van der Waals surface area contributed by atoms with Gasteiger partial charge in [-0.3, -0.25) is 4.90 Å². The number of nitrogens with zero attached hydrogens (tertiary/aromatic N) is 1. The Kier molecular flexibility index (Phi) is 2.01. The summed E-state index contributed by atoms with van der Waals surface area (Å²) in [5, 5.41) is 17.6. The molecule has 1 heterocycles. The zero-order chi connectivity index (χ0) is 8.43. The number of carbonyl (C=O) groups is 1. The Balaban J connectivity index is 2.67. The van der Waals surface area contributed by atoms with Gasteiger partial charge in [0.05, 0.1) is 18.7 Å². The highest BCUT2D eigenvalue weighted by Crippen LogP contribution is 2.16. The number of hydrogen-bond acceptors (Lipinski definition) is 2. The molecule has 1 saturated heterocycles. The number of β-amino-alcohol motifs (C(OH)–C–C–N with tert-alkyl or cyclic N) is 1. The fourth-order valence-electron chi connectivity index (χ4n) is 1.18. The first-order valence-electron chi connectivity index (χ1n) is 3.29. The van der Waals surface area contributed by atoms with Gasteiger partial charge in [-0.05, 0) is 0 Å². The van der Waals surface area contributed by atoms with Gasteiger partial charge in [0.15, 0.2) is 0 Å². The first kappa shape index (κ1) is 7.89. The van der Waals surface area contributed by atoms with Crippen LogP contribution in [0.5, 0.6) is 0 Å². The molecule has 2 atom stereocenters. The molecular weight excluding hydrogens is 146 g/mol. The minimum atomic E-state index is -1.07. The van der Waals surface area contributed by atoms with Crippen molar-refractivity contribution in [2.75, 3.05) is 6.54 Å². The standard InChI is InChI=1S/C7H9NO3/c1-2-5-3-6(9)4-8(5)7(10)11/h1,5-6,9H,3-4H2,(H,10,11)/t5-,6-/m0/s1. The van der Waals surface area contributed by atoms with E-state index in [1.807, 2.05) is 0 Å². The van der Waals surface area contributed by atoms with E-state index in [4.69, 9.17) is 16.6 Å². The first-order chi connectivity index (χ1) is 5.15. The lowest BCUT2D eigenvalue weighted by Crippen LogP contribution is -2.33. The lowest BCUT2D eigenvalue weighted by molar-refractivity contribution is 0.136. The van der Waals surface area contributed by atoms with Gasteiger partial charge in [0, 0.05) is 6.42 Å². The maximum atomic E-state index is 10.4. The Morgan fingerprint density at radius 2 is 2.36 bits per heavy atom. The van der Waals surface area contributed by atoms with Gasteiger partial charge in [0.2, 0.25) is 0 Å². The van der Waals surface area contributed by atoms with Crippen molar-refractivity contribution in [1.29, 1.82) is 0 Å². The molecule has 0 aliphatic carbocycles. The number of amides is 1. The largest absolute Gasteiger partial charge is 0.465 e. The quantitative estimate of drug-likeness (QED) is 0.473. The third-order valence-electron chi connectivity index (χ3n) is 1.72. The van der Waals surface area contributed by atoms with E-state index in [-0.39, 0.29) is 6.54 Å². The first-order valence-corrected chi connectivity index (χ1v) is 3.29. The van der Waals surface area contributed by atoms with Gasteiger partial charge in [-0.1, -0.05) is 5.92 Å². The van der Waals surface area contributed by atoms with Gasteiger partial charge in [-0.2, -0.15) is 0 Å². The number of hydrogen-bond donors (Lipinski definition) is 2. The summed E-state index contributed by atoms with van der Waals surface area (Å²) in [7, 11) is 0. The van der Waals surface area contributed by atoms with Crippen LogP contribution in [-0.2, 0) is 0 Å². The molecule has 0 aromatic rings. The van der Waals surface area contributed by atoms with Gasteiger partial charge in [-0.25, -0.2) is 4.79 Å². The van der Waals surface area contributed by atoms with Gasteiger partial charge < -0.3 is 10.2 Å². The van der Waals surface area contributed by atoms with E-state index >= 15 is 0 Å². The van der Waals surface area contributed by atoms with Crippen LogP contribution in [0.25, 0.3) is 0 Å². The summed E-state index contributed by atoms with van der Waals surface area (Å²) >= 11 is 0. The summed E-state index contributed by atoms with van der Waals surface area (Å²) < 4.78 is 0. The van der Waals surface area contributed by atoms with Crippen LogP contribution >= 0.6 is 0 Å². The van der Waals surface area contributed by atoms with Crippen LogP contribution in [0, 0.1) is 12.3 Å². The van der Waals surface area contributed by atoms with E-state index in [1.165, 1.54) is 0 Å². The van der Waals surface area contributed by atoms with Gasteiger partial charge in [0.1, 0.15) is 0 Å². The minimum Gasteiger partial charge on any atom is -0.465 e. The van der Waals surface area contributed by atoms with Gasteiger partial charge in [0.25, 0.3) is 0 Å². The van der Waals surface area contributed by atoms with Crippen molar-refractivity contribution in [3.8, 4) is 12.3 Å². The number of carboxylic acid groups (broad SMARTS) is 1. The van der Waals surface area contributed by atoms with Crippen LogP contribution in [0.2, 0.25) is 0 Å². The van der Waals surface area contributed by atoms with E-state index in [0.717, 1.165) is 4.90 Å². The second-order valence-corrected chi connectivity index (χ2v) is 2.51. The summed E-state index contributed by atoms with van der Waals surface area (Å²) in [5.74, 6) is 2.31. The molecule has 1 fully saturated rings. The Morgan fingerprint density at radius 3 is 2.73 bits per heavy atom. The van der Waals surface area contributed by atoms with Crippen molar-refractivity contribution in [2.45, 2.75) is 18.6 Å². The lowest BCUT2D eigenvalue weighted by atomic mass is 10.2. The molecule has 0 bridgehead atoms. The molecule has 4 nitrogen and oxygen atoms in total. The number of terminal acetylenes is 1. The smallest absolute Gasteiger partial charge is 0.408 e. The number of rotatable bonds is 0. The third-order valence-corrected chi connectivity index (χ3v) is 1.72. The second kappa shape index (κ2) is 2.81. The molecule has 1 aliphatic heterocycles. The zero-order valence-electron chi connectivity index (χ0n) is 5.90. The van der Waals surface area contributed by atoms with Gasteiger partial charge in [-0.15, -0.1) is 6.42 Å². The van der Waals surface area contributed by atoms with Crippen LogP contribution < -0.4 is 0 Å². The normalized spacial score (nSPS) is 30.0. The van der Waals surface area contributed by atoms with Crippen molar-refractivity contribution in [3.63, 3.8) is 0 Å². The number of aliphatic hydroxyl groups excluding tert-OH is 1. The molecule has 0 aromatic heterocycles. The molecule has 1 amide bonds. The summed E-state index contributed by atoms with van der Waals surface area (Å²) in [5.41, 5.74) is 0. The molecule has 1 rings (SSSR count).